The van der Waals surface area contributed by atoms with Gasteiger partial charge in [-0.2, -0.15) is 4.98 Å². The number of hydrogen-bond donors (Lipinski definition) is 1. The van der Waals surface area contributed by atoms with E-state index >= 15 is 0 Å². The van der Waals surface area contributed by atoms with Crippen LogP contribution in [0.3, 0.4) is 0 Å². The van der Waals surface area contributed by atoms with Crippen LogP contribution in [-0.4, -0.2) is 71.4 Å². The van der Waals surface area contributed by atoms with Crippen molar-refractivity contribution in [1.29, 1.82) is 0 Å². The van der Waals surface area contributed by atoms with Crippen LogP contribution in [0, 0.1) is 18.8 Å². The van der Waals surface area contributed by atoms with Gasteiger partial charge in [0, 0.05) is 57.1 Å². The third-order valence-corrected chi connectivity index (χ3v) is 7.33. The first kappa shape index (κ1) is 17.7. The average Bonchev–Trinajstić information content (AvgIpc) is 3.27. The van der Waals surface area contributed by atoms with Crippen molar-refractivity contribution in [2.45, 2.75) is 57.6 Å². The molecule has 1 unspecified atom stereocenters. The smallest absolute Gasteiger partial charge is 0.227 e. The summed E-state index contributed by atoms with van der Waals surface area (Å²) < 4.78 is 0. The molecule has 6 nitrogen and oxygen atoms in total. The second kappa shape index (κ2) is 7.21. The maximum absolute atomic E-state index is 10.3. The summed E-state index contributed by atoms with van der Waals surface area (Å²) in [5.41, 5.74) is 1.07. The quantitative estimate of drug-likeness (QED) is 0.878. The lowest BCUT2D eigenvalue weighted by Gasteiger charge is -2.44. The van der Waals surface area contributed by atoms with Crippen LogP contribution in [0.1, 0.15) is 44.2 Å². The highest BCUT2D eigenvalue weighted by Crippen LogP contribution is 2.38. The first-order valence-electron chi connectivity index (χ1n) is 10.9. The second-order valence-electron chi connectivity index (χ2n) is 9.12. The van der Waals surface area contributed by atoms with Crippen molar-refractivity contribution in [3.63, 3.8) is 0 Å². The van der Waals surface area contributed by atoms with Crippen molar-refractivity contribution in [2.24, 2.45) is 11.8 Å². The molecule has 148 valence electrons. The molecule has 3 atom stereocenters. The SMILES string of the molecule is Cc1cc(N2CCC(N3C[C@H]4CC[C@@H](C3)C4O)CC2)nc(N2CCCC2)n1. The first-order valence-corrected chi connectivity index (χ1v) is 10.9. The summed E-state index contributed by atoms with van der Waals surface area (Å²) >= 11 is 0. The predicted octanol–water partition coefficient (Wildman–Crippen LogP) is 2.06. The summed E-state index contributed by atoms with van der Waals surface area (Å²) in [6, 6.07) is 2.83. The van der Waals surface area contributed by atoms with E-state index in [9.17, 15) is 5.11 Å². The van der Waals surface area contributed by atoms with Gasteiger partial charge >= 0.3 is 0 Å². The molecule has 1 aromatic heterocycles. The molecule has 1 aromatic rings. The van der Waals surface area contributed by atoms with Gasteiger partial charge in [-0.3, -0.25) is 4.90 Å². The van der Waals surface area contributed by atoms with Crippen LogP contribution in [0.25, 0.3) is 0 Å². The summed E-state index contributed by atoms with van der Waals surface area (Å²) in [6.07, 6.45) is 7.33. The number of piperidine rings is 2. The van der Waals surface area contributed by atoms with Gasteiger partial charge in [-0.25, -0.2) is 4.98 Å². The number of nitrogens with zero attached hydrogens (tertiary/aromatic N) is 5. The molecule has 3 saturated heterocycles. The number of aliphatic hydroxyl groups is 1. The van der Waals surface area contributed by atoms with E-state index in [-0.39, 0.29) is 6.10 Å². The molecule has 1 saturated carbocycles. The Balaban J connectivity index is 1.23. The molecule has 0 aromatic carbocycles. The topological polar surface area (TPSA) is 55.7 Å². The van der Waals surface area contributed by atoms with Gasteiger partial charge in [-0.05, 0) is 57.3 Å². The normalized spacial score (nSPS) is 32.4. The molecule has 27 heavy (non-hydrogen) atoms. The van der Waals surface area contributed by atoms with E-state index in [2.05, 4.69) is 32.7 Å². The summed E-state index contributed by atoms with van der Waals surface area (Å²) in [6.45, 7) is 8.64. The number of hydrogen-bond acceptors (Lipinski definition) is 6. The number of likely N-dealkylation sites (tertiary alicyclic amines) is 1. The zero-order valence-corrected chi connectivity index (χ0v) is 16.6. The summed E-state index contributed by atoms with van der Waals surface area (Å²) in [5.74, 6) is 3.08. The molecule has 4 heterocycles. The minimum Gasteiger partial charge on any atom is -0.392 e. The standard InChI is InChI=1S/C21H33N5O/c1-15-12-19(23-21(22-15)25-8-2-3-9-25)24-10-6-18(7-11-24)26-13-16-4-5-17(14-26)20(16)27/h12,16-18,20,27H,2-11,13-14H2,1H3/t16-,17+,20?. The molecule has 0 radical (unpaired) electrons. The Morgan fingerprint density at radius 3 is 2.22 bits per heavy atom. The van der Waals surface area contributed by atoms with E-state index in [1.807, 2.05) is 0 Å². The highest BCUT2D eigenvalue weighted by Gasteiger charge is 2.43. The fourth-order valence-electron chi connectivity index (χ4n) is 5.75. The van der Waals surface area contributed by atoms with Crippen molar-refractivity contribution in [2.75, 3.05) is 49.1 Å². The fraction of sp³-hybridized carbons (Fsp3) is 0.810. The fourth-order valence-corrected chi connectivity index (χ4v) is 5.75. The van der Waals surface area contributed by atoms with Crippen molar-refractivity contribution in [3.05, 3.63) is 11.8 Å². The average molecular weight is 372 g/mol. The molecule has 6 heteroatoms. The molecule has 4 fully saturated rings. The van der Waals surface area contributed by atoms with Crippen LogP contribution in [-0.2, 0) is 0 Å². The number of fused-ring (bicyclic) bond motifs is 2. The van der Waals surface area contributed by atoms with E-state index in [1.165, 1.54) is 38.5 Å². The van der Waals surface area contributed by atoms with Crippen LogP contribution < -0.4 is 9.80 Å². The molecule has 0 amide bonds. The van der Waals surface area contributed by atoms with Crippen molar-refractivity contribution in [1.82, 2.24) is 14.9 Å². The molecular weight excluding hydrogens is 338 g/mol. The third-order valence-electron chi connectivity index (χ3n) is 7.33. The lowest BCUT2D eigenvalue weighted by Crippen LogP contribution is -2.52. The van der Waals surface area contributed by atoms with Gasteiger partial charge in [0.2, 0.25) is 5.95 Å². The van der Waals surface area contributed by atoms with Gasteiger partial charge in [0.25, 0.3) is 0 Å². The maximum atomic E-state index is 10.3. The lowest BCUT2D eigenvalue weighted by atomic mass is 9.91. The molecule has 4 aliphatic rings. The van der Waals surface area contributed by atoms with E-state index < -0.39 is 0 Å². The van der Waals surface area contributed by atoms with Crippen LogP contribution in [0.5, 0.6) is 0 Å². The summed E-state index contributed by atoms with van der Waals surface area (Å²) in [5, 5.41) is 10.3. The minimum absolute atomic E-state index is 0.0330. The van der Waals surface area contributed by atoms with Gasteiger partial charge in [0.15, 0.2) is 0 Å². The van der Waals surface area contributed by atoms with Gasteiger partial charge < -0.3 is 14.9 Å². The Kier molecular flexibility index (Phi) is 4.72. The highest BCUT2D eigenvalue weighted by molar-refractivity contribution is 5.46. The van der Waals surface area contributed by atoms with Crippen molar-refractivity contribution >= 4 is 11.8 Å². The van der Waals surface area contributed by atoms with Crippen LogP contribution in [0.15, 0.2) is 6.07 Å². The molecule has 1 aliphatic carbocycles. The number of aromatic nitrogens is 2. The zero-order chi connectivity index (χ0) is 18.4. The number of aryl methyl sites for hydroxylation is 1. The predicted molar refractivity (Wildman–Crippen MR) is 107 cm³/mol. The van der Waals surface area contributed by atoms with Crippen molar-refractivity contribution < 1.29 is 5.11 Å². The zero-order valence-electron chi connectivity index (χ0n) is 16.6. The van der Waals surface area contributed by atoms with E-state index in [4.69, 9.17) is 4.98 Å². The molecule has 5 rings (SSSR count). The highest BCUT2D eigenvalue weighted by atomic mass is 16.3. The number of aliphatic hydroxyl groups excluding tert-OH is 1. The monoisotopic (exact) mass is 371 g/mol. The molecule has 3 aliphatic heterocycles. The second-order valence-corrected chi connectivity index (χ2v) is 9.12. The molecule has 1 N–H and O–H groups in total. The summed E-state index contributed by atoms with van der Waals surface area (Å²) in [7, 11) is 0. The Morgan fingerprint density at radius 2 is 1.56 bits per heavy atom. The van der Waals surface area contributed by atoms with Crippen molar-refractivity contribution in [3.8, 4) is 0 Å². The molecule has 2 bridgehead atoms. The summed E-state index contributed by atoms with van der Waals surface area (Å²) in [4.78, 5) is 17.1. The van der Waals surface area contributed by atoms with E-state index in [0.717, 1.165) is 56.7 Å². The number of anilines is 2. The Bertz CT molecular complexity index is 655. The van der Waals surface area contributed by atoms with Gasteiger partial charge in [0.1, 0.15) is 5.82 Å². The first-order chi connectivity index (χ1) is 13.2. The van der Waals surface area contributed by atoms with Crippen LogP contribution in [0.2, 0.25) is 0 Å². The molecule has 0 spiro atoms. The lowest BCUT2D eigenvalue weighted by molar-refractivity contribution is -0.00412. The van der Waals surface area contributed by atoms with Crippen LogP contribution in [0.4, 0.5) is 11.8 Å². The minimum atomic E-state index is -0.0330. The Morgan fingerprint density at radius 1 is 0.889 bits per heavy atom. The Labute approximate surface area is 162 Å². The maximum Gasteiger partial charge on any atom is 0.227 e. The third kappa shape index (κ3) is 3.42. The van der Waals surface area contributed by atoms with E-state index in [0.29, 0.717) is 17.9 Å². The van der Waals surface area contributed by atoms with E-state index in [1.54, 1.807) is 0 Å². The number of rotatable bonds is 3. The van der Waals surface area contributed by atoms with Gasteiger partial charge in [-0.15, -0.1) is 0 Å². The largest absolute Gasteiger partial charge is 0.392 e. The Hall–Kier alpha value is -1.40. The van der Waals surface area contributed by atoms with Gasteiger partial charge in [-0.1, -0.05) is 0 Å². The van der Waals surface area contributed by atoms with Crippen LogP contribution >= 0.6 is 0 Å². The van der Waals surface area contributed by atoms with Gasteiger partial charge in [0.05, 0.1) is 6.10 Å². The molecular formula is C21H33N5O.